The third kappa shape index (κ3) is 4.06. The van der Waals surface area contributed by atoms with E-state index in [1.54, 1.807) is 48.5 Å². The van der Waals surface area contributed by atoms with Crippen LogP contribution in [0.2, 0.25) is 10.0 Å². The molecule has 1 saturated heterocycles. The topological polar surface area (TPSA) is 78.5 Å². The molecule has 3 unspecified atom stereocenters. The summed E-state index contributed by atoms with van der Waals surface area (Å²) in [6, 6.07) is 15.5. The van der Waals surface area contributed by atoms with Gasteiger partial charge in [-0.05, 0) is 65.6 Å². The molecule has 190 valence electrons. The minimum atomic E-state index is -1.40. The Balaban J connectivity index is 1.87. The highest BCUT2D eigenvalue weighted by atomic mass is 35.5. The van der Waals surface area contributed by atoms with E-state index in [0.29, 0.717) is 32.4 Å². The fourth-order valence-corrected chi connectivity index (χ4v) is 6.22. The van der Waals surface area contributed by atoms with Gasteiger partial charge in [0.15, 0.2) is 0 Å². The zero-order valence-corrected chi connectivity index (χ0v) is 21.7. The summed E-state index contributed by atoms with van der Waals surface area (Å²) in [6.45, 7) is 1.56. The summed E-state index contributed by atoms with van der Waals surface area (Å²) in [7, 11) is 1.49. The van der Waals surface area contributed by atoms with E-state index >= 15 is 0 Å². The second-order valence-electron chi connectivity index (χ2n) is 9.42. The largest absolute Gasteiger partial charge is 0.358 e. The lowest BCUT2D eigenvalue weighted by molar-refractivity contribution is -0.149. The Morgan fingerprint density at radius 2 is 1.86 bits per heavy atom. The predicted molar refractivity (Wildman–Crippen MR) is 140 cm³/mol. The van der Waals surface area contributed by atoms with Crippen LogP contribution in [0.25, 0.3) is 0 Å². The number of hydrogen-bond donors (Lipinski definition) is 2. The number of carbonyl (C=O) groups excluding carboxylic acids is 3. The van der Waals surface area contributed by atoms with Gasteiger partial charge in [-0.25, -0.2) is 4.39 Å². The van der Waals surface area contributed by atoms with Crippen LogP contribution in [0.4, 0.5) is 10.1 Å². The van der Waals surface area contributed by atoms with Gasteiger partial charge in [0.1, 0.15) is 17.8 Å². The van der Waals surface area contributed by atoms with E-state index in [9.17, 15) is 18.8 Å². The summed E-state index contributed by atoms with van der Waals surface area (Å²) in [6.07, 6.45) is -0.103. The average molecular weight is 540 g/mol. The molecule has 37 heavy (non-hydrogen) atoms. The monoisotopic (exact) mass is 539 g/mol. The van der Waals surface area contributed by atoms with Gasteiger partial charge in [-0.15, -0.1) is 0 Å². The molecule has 0 radical (unpaired) electrons. The maximum atomic E-state index is 14.6. The molecular formula is C28H24Cl2FN3O3. The van der Waals surface area contributed by atoms with Gasteiger partial charge in [0, 0.05) is 35.1 Å². The van der Waals surface area contributed by atoms with Crippen molar-refractivity contribution in [2.24, 2.45) is 0 Å². The smallest absolute Gasteiger partial charge is 0.239 e. The van der Waals surface area contributed by atoms with Gasteiger partial charge < -0.3 is 15.5 Å². The van der Waals surface area contributed by atoms with E-state index < -0.39 is 23.2 Å². The Labute approximate surface area is 223 Å². The van der Waals surface area contributed by atoms with Crippen molar-refractivity contribution in [1.29, 1.82) is 0 Å². The molecule has 9 heteroatoms. The van der Waals surface area contributed by atoms with Gasteiger partial charge in [0.25, 0.3) is 0 Å². The molecule has 0 aromatic heterocycles. The number of likely N-dealkylation sites (tertiary alicyclic amines) is 1. The number of fused-ring (bicyclic) bond motifs is 2. The third-order valence-electron chi connectivity index (χ3n) is 7.42. The molecule has 2 aliphatic rings. The number of anilines is 1. The molecule has 5 rings (SSSR count). The molecular weight excluding hydrogens is 516 g/mol. The Hall–Kier alpha value is -3.42. The molecule has 3 aromatic rings. The third-order valence-corrected chi connectivity index (χ3v) is 7.89. The van der Waals surface area contributed by atoms with Crippen LogP contribution in [0.5, 0.6) is 0 Å². The van der Waals surface area contributed by atoms with Crippen LogP contribution < -0.4 is 10.6 Å². The summed E-state index contributed by atoms with van der Waals surface area (Å²) in [5.41, 5.74) is 1.62. The fraction of sp³-hybridized carbons (Fsp3) is 0.250. The van der Waals surface area contributed by atoms with Crippen molar-refractivity contribution < 1.29 is 18.8 Å². The molecule has 3 aromatic carbocycles. The number of nitrogens with one attached hydrogen (secondary N) is 2. The molecule has 6 nitrogen and oxygen atoms in total. The normalized spacial score (nSPS) is 22.7. The van der Waals surface area contributed by atoms with Crippen LogP contribution in [0.15, 0.2) is 60.7 Å². The number of nitrogens with zero attached hydrogens (tertiary/aromatic N) is 1. The molecule has 1 spiro atoms. The van der Waals surface area contributed by atoms with Crippen molar-refractivity contribution >= 4 is 46.6 Å². The molecule has 0 bridgehead atoms. The van der Waals surface area contributed by atoms with Crippen molar-refractivity contribution in [3.63, 3.8) is 0 Å². The number of amides is 3. The van der Waals surface area contributed by atoms with Crippen molar-refractivity contribution in [3.8, 4) is 0 Å². The van der Waals surface area contributed by atoms with Crippen LogP contribution >= 0.6 is 23.2 Å². The van der Waals surface area contributed by atoms with E-state index in [-0.39, 0.29) is 30.7 Å². The van der Waals surface area contributed by atoms with Gasteiger partial charge in [-0.1, -0.05) is 47.5 Å². The van der Waals surface area contributed by atoms with Crippen LogP contribution in [0.1, 0.15) is 40.6 Å². The van der Waals surface area contributed by atoms with Crippen LogP contribution in [0.3, 0.4) is 0 Å². The maximum Gasteiger partial charge on any atom is 0.239 e. The van der Waals surface area contributed by atoms with Crippen LogP contribution in [-0.4, -0.2) is 36.2 Å². The standard InChI is InChI=1S/C28H24Cl2FN3O3/c1-15-6-8-19(31)12-20(15)22-13-25(36)34(14-24(35)32-2)26(16-4-3-5-17(29)10-16)28(22)21-9-7-18(30)11-23(21)33-27(28)37/h3-12,22,26H,13-14H2,1-2H3,(H,32,35)(H,33,37). The zero-order chi connectivity index (χ0) is 26.5. The first-order valence-electron chi connectivity index (χ1n) is 11.8. The number of rotatable bonds is 4. The second-order valence-corrected chi connectivity index (χ2v) is 10.3. The van der Waals surface area contributed by atoms with E-state index in [2.05, 4.69) is 10.6 Å². The highest BCUT2D eigenvalue weighted by molar-refractivity contribution is 6.31. The Morgan fingerprint density at radius 1 is 1.11 bits per heavy atom. The lowest BCUT2D eigenvalue weighted by atomic mass is 9.58. The lowest BCUT2D eigenvalue weighted by Crippen LogP contribution is -2.59. The van der Waals surface area contributed by atoms with Gasteiger partial charge in [0.2, 0.25) is 17.7 Å². The molecule has 0 aliphatic carbocycles. The fourth-order valence-electron chi connectivity index (χ4n) is 5.85. The number of aryl methyl sites for hydroxylation is 1. The summed E-state index contributed by atoms with van der Waals surface area (Å²) >= 11 is 12.7. The number of halogens is 3. The van der Waals surface area contributed by atoms with E-state index in [1.807, 2.05) is 6.92 Å². The molecule has 3 amide bonds. The summed E-state index contributed by atoms with van der Waals surface area (Å²) in [4.78, 5) is 42.1. The van der Waals surface area contributed by atoms with Crippen molar-refractivity contribution in [3.05, 3.63) is 98.8 Å². The van der Waals surface area contributed by atoms with E-state index in [4.69, 9.17) is 23.2 Å². The molecule has 2 aliphatic heterocycles. The van der Waals surface area contributed by atoms with Crippen molar-refractivity contribution in [2.75, 3.05) is 18.9 Å². The summed E-state index contributed by atoms with van der Waals surface area (Å²) in [5, 5.41) is 6.38. The minimum absolute atomic E-state index is 0.103. The summed E-state index contributed by atoms with van der Waals surface area (Å²) < 4.78 is 14.6. The highest BCUT2D eigenvalue weighted by Gasteiger charge is 2.63. The highest BCUT2D eigenvalue weighted by Crippen LogP contribution is 2.60. The Kier molecular flexibility index (Phi) is 6.46. The number of carbonyl (C=O) groups is 3. The molecule has 0 saturated carbocycles. The number of benzene rings is 3. The molecule has 2 N–H and O–H groups in total. The molecule has 2 heterocycles. The first-order chi connectivity index (χ1) is 17.7. The van der Waals surface area contributed by atoms with Crippen molar-refractivity contribution in [1.82, 2.24) is 10.2 Å². The first kappa shape index (κ1) is 25.2. The lowest BCUT2D eigenvalue weighted by Gasteiger charge is -2.51. The van der Waals surface area contributed by atoms with Crippen LogP contribution in [-0.2, 0) is 19.8 Å². The van der Waals surface area contributed by atoms with E-state index in [1.165, 1.54) is 24.1 Å². The van der Waals surface area contributed by atoms with Gasteiger partial charge >= 0.3 is 0 Å². The van der Waals surface area contributed by atoms with Gasteiger partial charge in [-0.3, -0.25) is 14.4 Å². The Morgan fingerprint density at radius 3 is 2.59 bits per heavy atom. The maximum absolute atomic E-state index is 14.6. The van der Waals surface area contributed by atoms with E-state index in [0.717, 1.165) is 5.56 Å². The van der Waals surface area contributed by atoms with Crippen molar-refractivity contribution in [2.45, 2.75) is 30.7 Å². The van der Waals surface area contributed by atoms with Gasteiger partial charge in [-0.2, -0.15) is 0 Å². The quantitative estimate of drug-likeness (QED) is 0.482. The number of hydrogen-bond acceptors (Lipinski definition) is 3. The molecule has 3 atom stereocenters. The van der Waals surface area contributed by atoms with Gasteiger partial charge in [0.05, 0.1) is 6.04 Å². The number of piperidine rings is 1. The average Bonchev–Trinajstić information content (AvgIpc) is 3.13. The molecule has 1 fully saturated rings. The number of likely N-dealkylation sites (N-methyl/N-ethyl adjacent to an activating group) is 1. The summed E-state index contributed by atoms with van der Waals surface area (Å²) in [5.74, 6) is -2.28. The second kappa shape index (κ2) is 9.47. The SMILES string of the molecule is CNC(=O)CN1C(=O)CC(c2cc(F)ccc2C)C2(C(=O)Nc3cc(Cl)ccc32)C1c1cccc(Cl)c1. The Bertz CT molecular complexity index is 1450. The first-order valence-corrected chi connectivity index (χ1v) is 12.6. The predicted octanol–water partition coefficient (Wildman–Crippen LogP) is 5.13. The minimum Gasteiger partial charge on any atom is -0.358 e. The van der Waals surface area contributed by atoms with Crippen LogP contribution in [0, 0.1) is 12.7 Å². The zero-order valence-electron chi connectivity index (χ0n) is 20.1.